The van der Waals surface area contributed by atoms with Crippen molar-refractivity contribution in [2.45, 2.75) is 31.7 Å². The first-order valence-electron chi connectivity index (χ1n) is 8.85. The van der Waals surface area contributed by atoms with Gasteiger partial charge in [-0.3, -0.25) is 4.99 Å². The molecule has 7 heteroatoms. The Morgan fingerprint density at radius 1 is 1.15 bits per heavy atom. The normalized spacial score (nSPS) is 23.1. The van der Waals surface area contributed by atoms with Gasteiger partial charge in [0.2, 0.25) is 0 Å². The molecule has 4 nitrogen and oxygen atoms in total. The molecule has 1 saturated heterocycles. The van der Waals surface area contributed by atoms with Crippen molar-refractivity contribution in [3.05, 3.63) is 65.0 Å². The lowest BCUT2D eigenvalue weighted by atomic mass is 10.1. The third-order valence-corrected chi connectivity index (χ3v) is 8.09. The molecule has 0 aliphatic carbocycles. The largest absolute Gasteiger partial charge is 0.317 e. The van der Waals surface area contributed by atoms with E-state index in [0.29, 0.717) is 12.1 Å². The molecule has 2 aromatic rings. The first-order chi connectivity index (χ1) is 12.8. The average molecular weight is 405 g/mol. The molecule has 1 fully saturated rings. The van der Waals surface area contributed by atoms with E-state index in [2.05, 4.69) is 18.2 Å². The predicted molar refractivity (Wildman–Crippen MR) is 110 cm³/mol. The highest BCUT2D eigenvalue weighted by atomic mass is 32.2. The van der Waals surface area contributed by atoms with Crippen LogP contribution >= 0.6 is 11.8 Å². The molecule has 2 aliphatic heterocycles. The SMILES string of the molecule is Cc1cc(C)cc(N(Cc2ccccc2F)C2=NC3CS(=O)(=O)CC3S2)c1. The minimum atomic E-state index is -3.00. The second-order valence-electron chi connectivity index (χ2n) is 7.24. The maximum atomic E-state index is 14.3. The minimum Gasteiger partial charge on any atom is -0.317 e. The quantitative estimate of drug-likeness (QED) is 0.782. The van der Waals surface area contributed by atoms with Crippen LogP contribution in [0, 0.1) is 19.7 Å². The van der Waals surface area contributed by atoms with Crippen molar-refractivity contribution in [3.63, 3.8) is 0 Å². The van der Waals surface area contributed by atoms with Crippen LogP contribution in [0.2, 0.25) is 0 Å². The highest BCUT2D eigenvalue weighted by Gasteiger charge is 2.44. The number of rotatable bonds is 3. The number of hydrogen-bond acceptors (Lipinski definition) is 5. The Kier molecular flexibility index (Phi) is 4.76. The van der Waals surface area contributed by atoms with Crippen LogP contribution in [-0.4, -0.2) is 36.4 Å². The number of hydrogen-bond donors (Lipinski definition) is 0. The lowest BCUT2D eigenvalue weighted by Gasteiger charge is -2.26. The van der Waals surface area contributed by atoms with Crippen LogP contribution in [-0.2, 0) is 16.4 Å². The Labute approximate surface area is 163 Å². The zero-order valence-corrected chi connectivity index (χ0v) is 16.9. The minimum absolute atomic E-state index is 0.0426. The van der Waals surface area contributed by atoms with Gasteiger partial charge in [-0.1, -0.05) is 36.0 Å². The molecule has 0 N–H and O–H groups in total. The van der Waals surface area contributed by atoms with E-state index in [1.807, 2.05) is 24.8 Å². The van der Waals surface area contributed by atoms with E-state index < -0.39 is 9.84 Å². The van der Waals surface area contributed by atoms with Crippen LogP contribution in [0.4, 0.5) is 10.1 Å². The Morgan fingerprint density at radius 2 is 1.85 bits per heavy atom. The van der Waals surface area contributed by atoms with Gasteiger partial charge in [0, 0.05) is 16.5 Å². The van der Waals surface area contributed by atoms with Crippen molar-refractivity contribution in [2.75, 3.05) is 16.4 Å². The monoisotopic (exact) mass is 404 g/mol. The fourth-order valence-electron chi connectivity index (χ4n) is 3.64. The molecule has 2 unspecified atom stereocenters. The molecule has 142 valence electrons. The van der Waals surface area contributed by atoms with Crippen molar-refractivity contribution < 1.29 is 12.8 Å². The van der Waals surface area contributed by atoms with Gasteiger partial charge in [0.1, 0.15) is 5.82 Å². The zero-order chi connectivity index (χ0) is 19.2. The van der Waals surface area contributed by atoms with E-state index in [4.69, 9.17) is 4.99 Å². The summed E-state index contributed by atoms with van der Waals surface area (Å²) >= 11 is 1.50. The van der Waals surface area contributed by atoms with Gasteiger partial charge in [-0.05, 0) is 43.2 Å². The molecule has 0 amide bonds. The summed E-state index contributed by atoms with van der Waals surface area (Å²) in [5, 5.41) is 0.729. The highest BCUT2D eigenvalue weighted by molar-refractivity contribution is 8.15. The summed E-state index contributed by atoms with van der Waals surface area (Å²) in [5.74, 6) is 0.0165. The molecular weight excluding hydrogens is 383 g/mol. The Morgan fingerprint density at radius 3 is 2.52 bits per heavy atom. The topological polar surface area (TPSA) is 49.7 Å². The number of anilines is 1. The van der Waals surface area contributed by atoms with Crippen LogP contribution in [0.5, 0.6) is 0 Å². The maximum Gasteiger partial charge on any atom is 0.164 e. The van der Waals surface area contributed by atoms with Crippen molar-refractivity contribution in [1.82, 2.24) is 0 Å². The van der Waals surface area contributed by atoms with Crippen molar-refractivity contribution in [2.24, 2.45) is 4.99 Å². The molecule has 0 aromatic heterocycles. The number of aliphatic imine (C=N–C) groups is 1. The molecule has 4 rings (SSSR count). The summed E-state index contributed by atoms with van der Waals surface area (Å²) in [6.45, 7) is 4.42. The Hall–Kier alpha value is -1.86. The summed E-state index contributed by atoms with van der Waals surface area (Å²) in [5.41, 5.74) is 3.78. The van der Waals surface area contributed by atoms with Crippen LogP contribution in [0.1, 0.15) is 16.7 Å². The number of nitrogens with zero attached hydrogens (tertiary/aromatic N) is 2. The van der Waals surface area contributed by atoms with Crippen LogP contribution in [0.25, 0.3) is 0 Å². The smallest absolute Gasteiger partial charge is 0.164 e. The van der Waals surface area contributed by atoms with E-state index in [-0.39, 0.29) is 28.6 Å². The molecule has 2 aliphatic rings. The fourth-order valence-corrected chi connectivity index (χ4v) is 7.42. The van der Waals surface area contributed by atoms with Gasteiger partial charge in [-0.15, -0.1) is 0 Å². The summed E-state index contributed by atoms with van der Waals surface area (Å²) in [7, 11) is -3.00. The second-order valence-corrected chi connectivity index (χ2v) is 10.6. The summed E-state index contributed by atoms with van der Waals surface area (Å²) in [6.07, 6.45) is 0. The van der Waals surface area contributed by atoms with E-state index in [0.717, 1.165) is 22.0 Å². The highest BCUT2D eigenvalue weighted by Crippen LogP contribution is 2.37. The lowest BCUT2D eigenvalue weighted by molar-refractivity contribution is 0.601. The zero-order valence-electron chi connectivity index (χ0n) is 15.2. The molecule has 27 heavy (non-hydrogen) atoms. The van der Waals surface area contributed by atoms with Gasteiger partial charge >= 0.3 is 0 Å². The van der Waals surface area contributed by atoms with Gasteiger partial charge in [0.25, 0.3) is 0 Å². The lowest BCUT2D eigenvalue weighted by Crippen LogP contribution is -2.28. The molecule has 0 spiro atoms. The second kappa shape index (κ2) is 6.95. The Balaban J connectivity index is 1.72. The molecule has 0 radical (unpaired) electrons. The number of benzene rings is 2. The first kappa shape index (κ1) is 18.5. The van der Waals surface area contributed by atoms with E-state index in [1.165, 1.54) is 17.8 Å². The number of sulfone groups is 1. The molecule has 2 heterocycles. The predicted octanol–water partition coefficient (Wildman–Crippen LogP) is 3.72. The summed E-state index contributed by atoms with van der Waals surface area (Å²) in [4.78, 5) is 6.72. The fraction of sp³-hybridized carbons (Fsp3) is 0.350. The van der Waals surface area contributed by atoms with Gasteiger partial charge in [0.15, 0.2) is 15.0 Å². The van der Waals surface area contributed by atoms with Gasteiger partial charge in [-0.25, -0.2) is 12.8 Å². The van der Waals surface area contributed by atoms with Crippen LogP contribution in [0.3, 0.4) is 0 Å². The summed E-state index contributed by atoms with van der Waals surface area (Å²) < 4.78 is 38.0. The molecule has 0 bridgehead atoms. The van der Waals surface area contributed by atoms with Crippen molar-refractivity contribution >= 4 is 32.5 Å². The number of fused-ring (bicyclic) bond motifs is 1. The number of halogens is 1. The van der Waals surface area contributed by atoms with Gasteiger partial charge in [-0.2, -0.15) is 0 Å². The number of amidine groups is 1. The Bertz CT molecular complexity index is 1000. The number of thioether (sulfide) groups is 1. The molecule has 0 saturated carbocycles. The third-order valence-electron chi connectivity index (χ3n) is 4.84. The molecule has 2 aromatic carbocycles. The molecular formula is C20H21FN2O2S2. The number of aryl methyl sites for hydroxylation is 2. The van der Waals surface area contributed by atoms with Gasteiger partial charge < -0.3 is 4.90 Å². The summed E-state index contributed by atoms with van der Waals surface area (Å²) in [6, 6.07) is 12.7. The van der Waals surface area contributed by atoms with Crippen molar-refractivity contribution in [1.29, 1.82) is 0 Å². The van der Waals surface area contributed by atoms with Crippen molar-refractivity contribution in [3.8, 4) is 0 Å². The third kappa shape index (κ3) is 3.89. The standard InChI is InChI=1S/C20H21FN2O2S2/c1-13-7-14(2)9-16(8-13)23(10-15-5-3-4-6-17(15)21)20-22-18-11-27(24,25)12-19(18)26-20/h3-9,18-19H,10-12H2,1-2H3. The van der Waals surface area contributed by atoms with E-state index in [9.17, 15) is 12.8 Å². The van der Waals surface area contributed by atoms with Crippen LogP contribution in [0.15, 0.2) is 47.5 Å². The molecule has 2 atom stereocenters. The van der Waals surface area contributed by atoms with E-state index in [1.54, 1.807) is 12.1 Å². The average Bonchev–Trinajstić information content (AvgIpc) is 3.06. The van der Waals surface area contributed by atoms with Gasteiger partial charge in [0.05, 0.1) is 24.1 Å². The first-order valence-corrected chi connectivity index (χ1v) is 11.5. The van der Waals surface area contributed by atoms with Crippen LogP contribution < -0.4 is 4.90 Å². The van der Waals surface area contributed by atoms with E-state index >= 15 is 0 Å². The maximum absolute atomic E-state index is 14.3.